The number of Topliss-reactive ketones (excluding diaryl/α,β-unsaturated/α-hetero) is 3. The first-order valence-electron chi connectivity index (χ1n) is 4.31. The van der Waals surface area contributed by atoms with Crippen molar-refractivity contribution in [2.24, 2.45) is 0 Å². The van der Waals surface area contributed by atoms with Crippen molar-refractivity contribution in [2.75, 3.05) is 0 Å². The second-order valence-electron chi connectivity index (χ2n) is 3.35. The van der Waals surface area contributed by atoms with Gasteiger partial charge in [0.1, 0.15) is 0 Å². The fourth-order valence-electron chi connectivity index (χ4n) is 1.66. The van der Waals surface area contributed by atoms with Gasteiger partial charge in [-0.25, -0.2) is 0 Å². The molecule has 14 heavy (non-hydrogen) atoms. The van der Waals surface area contributed by atoms with Crippen LogP contribution in [0.15, 0.2) is 18.2 Å². The van der Waals surface area contributed by atoms with Crippen molar-refractivity contribution in [2.45, 2.75) is 13.3 Å². The van der Waals surface area contributed by atoms with Gasteiger partial charge in [-0.15, -0.1) is 0 Å². The summed E-state index contributed by atoms with van der Waals surface area (Å²) in [5.74, 6) is -1.39. The summed E-state index contributed by atoms with van der Waals surface area (Å²) in [6.45, 7) is 1.72. The molecule has 0 aliphatic heterocycles. The molecule has 3 heteroatoms. The SMILES string of the molecule is Cc1cccc2c1C(=O)C(=O)CC2=O. The van der Waals surface area contributed by atoms with Crippen molar-refractivity contribution >= 4 is 17.3 Å². The van der Waals surface area contributed by atoms with Crippen LogP contribution in [0.5, 0.6) is 0 Å². The number of benzene rings is 1. The molecule has 0 unspecified atom stereocenters. The van der Waals surface area contributed by atoms with E-state index in [1.807, 2.05) is 0 Å². The molecule has 2 rings (SSSR count). The first kappa shape index (κ1) is 8.81. The van der Waals surface area contributed by atoms with Gasteiger partial charge in [-0.3, -0.25) is 14.4 Å². The number of aryl methyl sites for hydroxylation is 1. The van der Waals surface area contributed by atoms with Crippen molar-refractivity contribution in [1.29, 1.82) is 0 Å². The van der Waals surface area contributed by atoms with Crippen LogP contribution in [0.2, 0.25) is 0 Å². The van der Waals surface area contributed by atoms with Gasteiger partial charge >= 0.3 is 0 Å². The van der Waals surface area contributed by atoms with Gasteiger partial charge in [0.25, 0.3) is 0 Å². The molecule has 1 aliphatic carbocycles. The highest BCUT2D eigenvalue weighted by molar-refractivity contribution is 6.51. The summed E-state index contributed by atoms with van der Waals surface area (Å²) < 4.78 is 0. The number of fused-ring (bicyclic) bond motifs is 1. The standard InChI is InChI=1S/C11H8O3/c1-6-3-2-4-7-8(12)5-9(13)11(14)10(6)7/h2-4H,5H2,1H3. The largest absolute Gasteiger partial charge is 0.294 e. The van der Waals surface area contributed by atoms with Gasteiger partial charge in [0.2, 0.25) is 11.6 Å². The predicted octanol–water partition coefficient (Wildman–Crippen LogP) is 1.33. The third-order valence-corrected chi connectivity index (χ3v) is 2.37. The summed E-state index contributed by atoms with van der Waals surface area (Å²) in [7, 11) is 0. The van der Waals surface area contributed by atoms with Gasteiger partial charge in [0.15, 0.2) is 5.78 Å². The van der Waals surface area contributed by atoms with E-state index in [0.717, 1.165) is 0 Å². The average Bonchev–Trinajstić information content (AvgIpc) is 2.14. The van der Waals surface area contributed by atoms with Crippen LogP contribution in [0.3, 0.4) is 0 Å². The smallest absolute Gasteiger partial charge is 0.230 e. The normalized spacial score (nSPS) is 15.6. The second kappa shape index (κ2) is 2.87. The molecule has 1 aliphatic rings. The maximum absolute atomic E-state index is 11.5. The lowest BCUT2D eigenvalue weighted by Gasteiger charge is -2.14. The molecule has 0 aromatic heterocycles. The Morgan fingerprint density at radius 1 is 1.07 bits per heavy atom. The van der Waals surface area contributed by atoms with E-state index in [2.05, 4.69) is 0 Å². The van der Waals surface area contributed by atoms with Gasteiger partial charge < -0.3 is 0 Å². The summed E-state index contributed by atoms with van der Waals surface area (Å²) >= 11 is 0. The lowest BCUT2D eigenvalue weighted by atomic mass is 9.86. The van der Waals surface area contributed by atoms with Crippen LogP contribution < -0.4 is 0 Å². The van der Waals surface area contributed by atoms with Crippen LogP contribution in [-0.2, 0) is 4.79 Å². The average molecular weight is 188 g/mol. The minimum absolute atomic E-state index is 0.256. The lowest BCUT2D eigenvalue weighted by molar-refractivity contribution is -0.114. The Kier molecular flexibility index (Phi) is 1.81. The molecule has 0 spiro atoms. The number of rotatable bonds is 0. The Morgan fingerprint density at radius 2 is 1.79 bits per heavy atom. The zero-order valence-corrected chi connectivity index (χ0v) is 7.66. The van der Waals surface area contributed by atoms with Crippen molar-refractivity contribution < 1.29 is 14.4 Å². The van der Waals surface area contributed by atoms with Crippen molar-refractivity contribution in [3.63, 3.8) is 0 Å². The summed E-state index contributed by atoms with van der Waals surface area (Å²) in [6.07, 6.45) is -0.282. The fraction of sp³-hybridized carbons (Fsp3) is 0.182. The number of hydrogen-bond acceptors (Lipinski definition) is 3. The maximum atomic E-state index is 11.5. The summed E-state index contributed by atoms with van der Waals surface area (Å²) in [4.78, 5) is 34.1. The molecule has 3 nitrogen and oxygen atoms in total. The highest BCUT2D eigenvalue weighted by Crippen LogP contribution is 2.22. The maximum Gasteiger partial charge on any atom is 0.230 e. The molecule has 0 atom stereocenters. The molecule has 0 bridgehead atoms. The van der Waals surface area contributed by atoms with Crippen LogP contribution in [0.1, 0.15) is 32.7 Å². The number of carbonyl (C=O) groups is 3. The lowest BCUT2D eigenvalue weighted by Crippen LogP contribution is -2.27. The molecular weight excluding hydrogens is 180 g/mol. The third kappa shape index (κ3) is 1.09. The molecule has 0 saturated carbocycles. The molecule has 0 heterocycles. The summed E-state index contributed by atoms with van der Waals surface area (Å²) in [5.41, 5.74) is 1.36. The van der Waals surface area contributed by atoms with E-state index in [1.165, 1.54) is 0 Å². The summed E-state index contributed by atoms with van der Waals surface area (Å²) in [5, 5.41) is 0. The first-order valence-corrected chi connectivity index (χ1v) is 4.31. The minimum atomic E-state index is -0.600. The Bertz CT molecular complexity index is 458. The fourth-order valence-corrected chi connectivity index (χ4v) is 1.66. The molecule has 1 aromatic rings. The van der Waals surface area contributed by atoms with Gasteiger partial charge in [-0.1, -0.05) is 18.2 Å². The van der Waals surface area contributed by atoms with Crippen LogP contribution in [-0.4, -0.2) is 17.3 Å². The molecular formula is C11H8O3. The monoisotopic (exact) mass is 188 g/mol. The Morgan fingerprint density at radius 3 is 2.50 bits per heavy atom. The van der Waals surface area contributed by atoms with Gasteiger partial charge in [-0.05, 0) is 12.5 Å². The third-order valence-electron chi connectivity index (χ3n) is 2.37. The minimum Gasteiger partial charge on any atom is -0.294 e. The molecule has 0 fully saturated rings. The van der Waals surface area contributed by atoms with Crippen LogP contribution in [0, 0.1) is 6.92 Å². The number of carbonyl (C=O) groups excluding carboxylic acids is 3. The van der Waals surface area contributed by atoms with Crippen LogP contribution >= 0.6 is 0 Å². The van der Waals surface area contributed by atoms with Crippen molar-refractivity contribution in [1.82, 2.24) is 0 Å². The zero-order valence-electron chi connectivity index (χ0n) is 7.66. The predicted molar refractivity (Wildman–Crippen MR) is 49.5 cm³/mol. The molecule has 0 radical (unpaired) electrons. The summed E-state index contributed by atoms with van der Waals surface area (Å²) in [6, 6.07) is 5.03. The first-order chi connectivity index (χ1) is 6.61. The highest BCUT2D eigenvalue weighted by atomic mass is 16.2. The van der Waals surface area contributed by atoms with E-state index in [4.69, 9.17) is 0 Å². The van der Waals surface area contributed by atoms with Gasteiger partial charge in [0, 0.05) is 11.1 Å². The zero-order chi connectivity index (χ0) is 10.3. The van der Waals surface area contributed by atoms with Crippen molar-refractivity contribution in [3.05, 3.63) is 34.9 Å². The van der Waals surface area contributed by atoms with Crippen LogP contribution in [0.4, 0.5) is 0 Å². The van der Waals surface area contributed by atoms with Crippen LogP contribution in [0.25, 0.3) is 0 Å². The van der Waals surface area contributed by atoms with E-state index in [0.29, 0.717) is 11.1 Å². The Balaban J connectivity index is 2.74. The molecule has 0 N–H and O–H groups in total. The Hall–Kier alpha value is -1.77. The van der Waals surface area contributed by atoms with Gasteiger partial charge in [-0.2, -0.15) is 0 Å². The van der Waals surface area contributed by atoms with E-state index < -0.39 is 11.6 Å². The topological polar surface area (TPSA) is 51.2 Å². The van der Waals surface area contributed by atoms with E-state index >= 15 is 0 Å². The Labute approximate surface area is 80.7 Å². The molecule has 1 aromatic carbocycles. The second-order valence-corrected chi connectivity index (χ2v) is 3.35. The number of hydrogen-bond donors (Lipinski definition) is 0. The number of ketones is 3. The van der Waals surface area contributed by atoms with Gasteiger partial charge in [0.05, 0.1) is 6.42 Å². The highest BCUT2D eigenvalue weighted by Gasteiger charge is 2.31. The van der Waals surface area contributed by atoms with E-state index in [1.54, 1.807) is 25.1 Å². The quantitative estimate of drug-likeness (QED) is 0.456. The van der Waals surface area contributed by atoms with E-state index in [-0.39, 0.29) is 17.8 Å². The molecule has 0 amide bonds. The molecule has 70 valence electrons. The van der Waals surface area contributed by atoms with Crippen molar-refractivity contribution in [3.8, 4) is 0 Å². The van der Waals surface area contributed by atoms with E-state index in [9.17, 15) is 14.4 Å². The molecule has 0 saturated heterocycles.